The molecule has 0 spiro atoms. The van der Waals surface area contributed by atoms with Crippen molar-refractivity contribution in [3.63, 3.8) is 0 Å². The Morgan fingerprint density at radius 2 is 1.87 bits per heavy atom. The zero-order valence-electron chi connectivity index (χ0n) is 12.4. The number of imidazole rings is 1. The van der Waals surface area contributed by atoms with Gasteiger partial charge in [-0.15, -0.1) is 0 Å². The van der Waals surface area contributed by atoms with Gasteiger partial charge in [-0.05, 0) is 23.2 Å². The first-order chi connectivity index (χ1) is 11.2. The van der Waals surface area contributed by atoms with Crippen LogP contribution >= 0.6 is 0 Å². The minimum atomic E-state index is -1.12. The lowest BCUT2D eigenvalue weighted by molar-refractivity contribution is 0.0831. The largest absolute Gasteiger partial charge is 0.475 e. The molecule has 0 aliphatic carbocycles. The molecule has 0 bridgehead atoms. The van der Waals surface area contributed by atoms with Crippen molar-refractivity contribution in [1.29, 1.82) is 0 Å². The van der Waals surface area contributed by atoms with E-state index >= 15 is 0 Å². The van der Waals surface area contributed by atoms with Crippen LogP contribution in [0.4, 0.5) is 0 Å². The van der Waals surface area contributed by atoms with Crippen LogP contribution in [0.25, 0.3) is 11.0 Å². The summed E-state index contributed by atoms with van der Waals surface area (Å²) in [5.74, 6) is -0.205. The van der Waals surface area contributed by atoms with Crippen LogP contribution in [0.1, 0.15) is 16.2 Å². The number of carbonyl (C=O) groups excluding carboxylic acids is 1. The van der Waals surface area contributed by atoms with E-state index in [4.69, 9.17) is 0 Å². The molecule has 3 aromatic rings. The molecular weight excluding hydrogens is 291 g/mol. The van der Waals surface area contributed by atoms with Gasteiger partial charge in [0.2, 0.25) is 5.82 Å². The average molecular weight is 304 g/mol. The summed E-state index contributed by atoms with van der Waals surface area (Å²) in [5.41, 5.74) is 3.03. The van der Waals surface area contributed by atoms with Crippen LogP contribution in [-0.2, 0) is 7.05 Å². The highest BCUT2D eigenvalue weighted by Gasteiger charge is 2.35. The number of hydrazone groups is 1. The number of carbonyl (C=O) groups is 1. The molecule has 0 fully saturated rings. The maximum absolute atomic E-state index is 12.8. The Kier molecular flexibility index (Phi) is 3.02. The Bertz CT molecular complexity index is 950. The number of rotatable bonds is 1. The number of aryl methyl sites for hydroxylation is 1. The van der Waals surface area contributed by atoms with Crippen molar-refractivity contribution >= 4 is 35.7 Å². The minimum Gasteiger partial charge on any atom is -0.427 e. The molecule has 1 aliphatic rings. The molecular formula is C16H13BN4O2. The van der Waals surface area contributed by atoms with Crippen molar-refractivity contribution in [3.05, 3.63) is 59.9 Å². The summed E-state index contributed by atoms with van der Waals surface area (Å²) in [4.78, 5) is 18.2. The zero-order valence-corrected chi connectivity index (χ0v) is 12.4. The second-order valence-electron chi connectivity index (χ2n) is 5.38. The number of hydrogen-bond donors (Lipinski definition) is 1. The first-order valence-electron chi connectivity index (χ1n) is 7.23. The van der Waals surface area contributed by atoms with Gasteiger partial charge >= 0.3 is 7.05 Å². The third-order valence-electron chi connectivity index (χ3n) is 4.01. The van der Waals surface area contributed by atoms with Gasteiger partial charge in [-0.2, -0.15) is 5.10 Å². The van der Waals surface area contributed by atoms with E-state index in [1.54, 1.807) is 23.9 Å². The normalized spacial score (nSPS) is 13.5. The van der Waals surface area contributed by atoms with Gasteiger partial charge in [-0.1, -0.05) is 36.4 Å². The third-order valence-corrected chi connectivity index (χ3v) is 4.01. The molecule has 0 saturated carbocycles. The van der Waals surface area contributed by atoms with Crippen molar-refractivity contribution in [2.45, 2.75) is 0 Å². The molecule has 0 atom stereocenters. The highest BCUT2D eigenvalue weighted by atomic mass is 16.2. The summed E-state index contributed by atoms with van der Waals surface area (Å²) in [7, 11) is 0.653. The van der Waals surface area contributed by atoms with E-state index < -0.39 is 13.0 Å². The molecule has 112 valence electrons. The van der Waals surface area contributed by atoms with Crippen molar-refractivity contribution in [3.8, 4) is 0 Å². The van der Waals surface area contributed by atoms with Crippen LogP contribution in [0.2, 0.25) is 0 Å². The van der Waals surface area contributed by atoms with Crippen LogP contribution in [0.3, 0.4) is 0 Å². The monoisotopic (exact) mass is 304 g/mol. The third kappa shape index (κ3) is 2.05. The van der Waals surface area contributed by atoms with E-state index in [2.05, 4.69) is 10.1 Å². The smallest absolute Gasteiger partial charge is 0.427 e. The average Bonchev–Trinajstić information content (AvgIpc) is 2.92. The molecule has 0 unspecified atom stereocenters. The summed E-state index contributed by atoms with van der Waals surface area (Å²) in [6.45, 7) is 0. The minimum absolute atomic E-state index is 0.238. The van der Waals surface area contributed by atoms with Gasteiger partial charge in [0.25, 0.3) is 5.91 Å². The molecule has 1 N–H and O–H groups in total. The molecule has 2 aromatic carbocycles. The van der Waals surface area contributed by atoms with Gasteiger partial charge in [0.15, 0.2) is 0 Å². The first-order valence-corrected chi connectivity index (χ1v) is 7.23. The quantitative estimate of drug-likeness (QED) is 0.674. The molecule has 1 amide bonds. The Morgan fingerprint density at radius 1 is 1.13 bits per heavy atom. The Morgan fingerprint density at radius 3 is 2.70 bits per heavy atom. The highest BCUT2D eigenvalue weighted by molar-refractivity contribution is 6.67. The molecule has 4 rings (SSSR count). The SMILES string of the molecule is Cn1c(C(=O)N2N=Cc3ccccc3B2O)nc2ccccc21. The topological polar surface area (TPSA) is 70.7 Å². The molecule has 1 aliphatic heterocycles. The number of amides is 1. The molecule has 23 heavy (non-hydrogen) atoms. The van der Waals surface area contributed by atoms with Gasteiger partial charge in [-0.25, -0.2) is 9.90 Å². The maximum atomic E-state index is 12.8. The lowest BCUT2D eigenvalue weighted by Gasteiger charge is -2.24. The van der Waals surface area contributed by atoms with Crippen LogP contribution < -0.4 is 5.46 Å². The fraction of sp³-hybridized carbons (Fsp3) is 0.0625. The summed E-state index contributed by atoms with van der Waals surface area (Å²) in [6, 6.07) is 14.8. The molecule has 6 nitrogen and oxygen atoms in total. The number of aromatic nitrogens is 2. The van der Waals surface area contributed by atoms with E-state index in [0.29, 0.717) is 5.46 Å². The second kappa shape index (κ2) is 5.07. The van der Waals surface area contributed by atoms with Crippen LogP contribution in [0.15, 0.2) is 53.6 Å². The van der Waals surface area contributed by atoms with Crippen LogP contribution in [0.5, 0.6) is 0 Å². The number of nitrogens with zero attached hydrogens (tertiary/aromatic N) is 4. The van der Waals surface area contributed by atoms with E-state index in [-0.39, 0.29) is 5.82 Å². The molecule has 2 heterocycles. The summed E-state index contributed by atoms with van der Waals surface area (Å²) >= 11 is 0. The van der Waals surface area contributed by atoms with Crippen LogP contribution in [0, 0.1) is 0 Å². The lowest BCUT2D eigenvalue weighted by Crippen LogP contribution is -2.52. The molecule has 0 radical (unpaired) electrons. The Hall–Kier alpha value is -2.93. The Labute approximate surface area is 132 Å². The Balaban J connectivity index is 1.76. The first kappa shape index (κ1) is 13.7. The van der Waals surface area contributed by atoms with Gasteiger partial charge in [0.1, 0.15) is 0 Å². The summed E-state index contributed by atoms with van der Waals surface area (Å²) < 4.78 is 1.71. The van der Waals surface area contributed by atoms with E-state index in [0.717, 1.165) is 21.5 Å². The highest BCUT2D eigenvalue weighted by Crippen LogP contribution is 2.17. The van der Waals surface area contributed by atoms with E-state index in [1.165, 1.54) is 0 Å². The van der Waals surface area contributed by atoms with Gasteiger partial charge in [-0.3, -0.25) is 4.79 Å². The van der Waals surface area contributed by atoms with Crippen molar-refractivity contribution in [1.82, 2.24) is 14.5 Å². The number of benzene rings is 2. The van der Waals surface area contributed by atoms with E-state index in [9.17, 15) is 9.82 Å². The summed E-state index contributed by atoms with van der Waals surface area (Å²) in [6.07, 6.45) is 1.57. The number of para-hydroxylation sites is 2. The summed E-state index contributed by atoms with van der Waals surface area (Å²) in [5, 5.41) is 14.6. The molecule has 1 aromatic heterocycles. The van der Waals surface area contributed by atoms with Gasteiger partial charge in [0, 0.05) is 7.05 Å². The predicted molar refractivity (Wildman–Crippen MR) is 88.5 cm³/mol. The van der Waals surface area contributed by atoms with Gasteiger partial charge < -0.3 is 9.59 Å². The fourth-order valence-corrected chi connectivity index (χ4v) is 2.79. The second-order valence-corrected chi connectivity index (χ2v) is 5.38. The van der Waals surface area contributed by atoms with Crippen molar-refractivity contribution in [2.75, 3.05) is 0 Å². The lowest BCUT2D eigenvalue weighted by atomic mass is 9.70. The zero-order chi connectivity index (χ0) is 16.0. The van der Waals surface area contributed by atoms with Crippen molar-refractivity contribution < 1.29 is 9.82 Å². The molecule has 7 heteroatoms. The van der Waals surface area contributed by atoms with Crippen LogP contribution in [-0.4, -0.2) is 38.7 Å². The predicted octanol–water partition coefficient (Wildman–Crippen LogP) is 0.751. The maximum Gasteiger partial charge on any atom is 0.475 e. The molecule has 0 saturated heterocycles. The van der Waals surface area contributed by atoms with Gasteiger partial charge in [0.05, 0.1) is 17.2 Å². The number of hydrogen-bond acceptors (Lipinski definition) is 4. The number of fused-ring (bicyclic) bond motifs is 2. The van der Waals surface area contributed by atoms with Crippen molar-refractivity contribution in [2.24, 2.45) is 12.1 Å². The fourth-order valence-electron chi connectivity index (χ4n) is 2.79. The standard InChI is InChI=1S/C16H13BN4O2/c1-20-14-9-5-4-8-13(14)19-15(20)16(22)21-17(23)12-7-3-2-6-11(12)10-18-21/h2-10,23H,1H3. The van der Waals surface area contributed by atoms with E-state index in [1.807, 2.05) is 42.5 Å².